The first kappa shape index (κ1) is 16.2. The molecule has 0 amide bonds. The molecule has 108 valence electrons. The lowest BCUT2D eigenvalue weighted by Crippen LogP contribution is -2.37. The molecule has 0 aliphatic heterocycles. The number of nitrogens with one attached hydrogen (secondary N) is 1. The SMILES string of the molecule is CCC(C)(CNC(C)C)Cc1c(C)cc(C)cc1C. The van der Waals surface area contributed by atoms with E-state index in [2.05, 4.69) is 65.9 Å². The Kier molecular flexibility index (Phi) is 5.61. The van der Waals surface area contributed by atoms with E-state index < -0.39 is 0 Å². The molecule has 0 bridgehead atoms. The number of aryl methyl sites for hydroxylation is 3. The molecular weight excluding hydrogens is 230 g/mol. The van der Waals surface area contributed by atoms with Gasteiger partial charge >= 0.3 is 0 Å². The molecule has 1 heteroatoms. The molecule has 1 atom stereocenters. The summed E-state index contributed by atoms with van der Waals surface area (Å²) >= 11 is 0. The molecule has 1 aromatic rings. The van der Waals surface area contributed by atoms with E-state index in [0.29, 0.717) is 11.5 Å². The van der Waals surface area contributed by atoms with Crippen LogP contribution >= 0.6 is 0 Å². The van der Waals surface area contributed by atoms with E-state index in [4.69, 9.17) is 0 Å². The van der Waals surface area contributed by atoms with E-state index in [1.807, 2.05) is 0 Å². The molecule has 1 aromatic carbocycles. The molecule has 0 aliphatic carbocycles. The van der Waals surface area contributed by atoms with Gasteiger partial charge < -0.3 is 5.32 Å². The summed E-state index contributed by atoms with van der Waals surface area (Å²) in [6.45, 7) is 16.9. The first-order valence-electron chi connectivity index (χ1n) is 7.57. The van der Waals surface area contributed by atoms with Crippen molar-refractivity contribution in [3.8, 4) is 0 Å². The fourth-order valence-corrected chi connectivity index (χ4v) is 2.68. The Morgan fingerprint density at radius 2 is 1.63 bits per heavy atom. The summed E-state index contributed by atoms with van der Waals surface area (Å²) in [4.78, 5) is 0. The fourth-order valence-electron chi connectivity index (χ4n) is 2.68. The van der Waals surface area contributed by atoms with Gasteiger partial charge in [0.15, 0.2) is 0 Å². The standard InChI is InChI=1S/C18H31N/c1-8-18(7,12-19-13(2)3)11-17-15(5)9-14(4)10-16(17)6/h9-10,13,19H,8,11-12H2,1-7H3. The molecule has 0 saturated carbocycles. The van der Waals surface area contributed by atoms with Gasteiger partial charge in [-0.15, -0.1) is 0 Å². The zero-order valence-electron chi connectivity index (χ0n) is 13.9. The highest BCUT2D eigenvalue weighted by atomic mass is 14.9. The van der Waals surface area contributed by atoms with Crippen molar-refractivity contribution in [1.29, 1.82) is 0 Å². The summed E-state index contributed by atoms with van der Waals surface area (Å²) in [5, 5.41) is 3.61. The van der Waals surface area contributed by atoms with Gasteiger partial charge in [-0.3, -0.25) is 0 Å². The minimum Gasteiger partial charge on any atom is -0.314 e. The topological polar surface area (TPSA) is 12.0 Å². The maximum absolute atomic E-state index is 3.61. The van der Waals surface area contributed by atoms with Crippen LogP contribution in [0.25, 0.3) is 0 Å². The lowest BCUT2D eigenvalue weighted by atomic mass is 9.78. The predicted molar refractivity (Wildman–Crippen MR) is 85.9 cm³/mol. The van der Waals surface area contributed by atoms with Crippen molar-refractivity contribution in [2.75, 3.05) is 6.54 Å². The Hall–Kier alpha value is -0.820. The summed E-state index contributed by atoms with van der Waals surface area (Å²) in [7, 11) is 0. The Morgan fingerprint density at radius 1 is 1.11 bits per heavy atom. The van der Waals surface area contributed by atoms with Crippen LogP contribution in [0, 0.1) is 26.2 Å². The normalized spacial score (nSPS) is 14.7. The first-order chi connectivity index (χ1) is 8.77. The minimum atomic E-state index is 0.342. The molecule has 1 rings (SSSR count). The van der Waals surface area contributed by atoms with Crippen molar-refractivity contribution in [2.45, 2.75) is 67.3 Å². The second-order valence-electron chi connectivity index (χ2n) is 6.75. The molecule has 0 heterocycles. The Bertz CT molecular complexity index is 397. The van der Waals surface area contributed by atoms with Crippen molar-refractivity contribution in [1.82, 2.24) is 5.32 Å². The zero-order valence-corrected chi connectivity index (χ0v) is 13.9. The van der Waals surface area contributed by atoms with E-state index in [1.54, 1.807) is 5.56 Å². The average Bonchev–Trinajstić information content (AvgIpc) is 2.31. The monoisotopic (exact) mass is 261 g/mol. The van der Waals surface area contributed by atoms with E-state index in [1.165, 1.54) is 29.5 Å². The number of benzene rings is 1. The number of hydrogen-bond donors (Lipinski definition) is 1. The van der Waals surface area contributed by atoms with E-state index in [0.717, 1.165) is 6.54 Å². The molecule has 0 radical (unpaired) electrons. The van der Waals surface area contributed by atoms with Gasteiger partial charge in [0.05, 0.1) is 0 Å². The molecule has 0 spiro atoms. The average molecular weight is 261 g/mol. The maximum atomic E-state index is 3.61. The number of rotatable bonds is 6. The third-order valence-electron chi connectivity index (χ3n) is 4.23. The Balaban J connectivity index is 2.92. The Morgan fingerprint density at radius 3 is 2.05 bits per heavy atom. The molecule has 1 N–H and O–H groups in total. The fraction of sp³-hybridized carbons (Fsp3) is 0.667. The quantitative estimate of drug-likeness (QED) is 0.791. The predicted octanol–water partition coefficient (Wildman–Crippen LogP) is 4.57. The van der Waals surface area contributed by atoms with Crippen LogP contribution in [0.3, 0.4) is 0 Å². The summed E-state index contributed by atoms with van der Waals surface area (Å²) in [5.74, 6) is 0. The molecule has 0 saturated heterocycles. The lowest BCUT2D eigenvalue weighted by molar-refractivity contribution is 0.280. The molecule has 0 aliphatic rings. The zero-order chi connectivity index (χ0) is 14.6. The van der Waals surface area contributed by atoms with Gasteiger partial charge in [0, 0.05) is 12.6 Å². The van der Waals surface area contributed by atoms with E-state index >= 15 is 0 Å². The van der Waals surface area contributed by atoms with Crippen molar-refractivity contribution in [3.05, 3.63) is 34.4 Å². The first-order valence-corrected chi connectivity index (χ1v) is 7.57. The van der Waals surface area contributed by atoms with Gasteiger partial charge in [-0.2, -0.15) is 0 Å². The van der Waals surface area contributed by atoms with Crippen molar-refractivity contribution >= 4 is 0 Å². The highest BCUT2D eigenvalue weighted by Gasteiger charge is 2.24. The van der Waals surface area contributed by atoms with Gasteiger partial charge in [-0.1, -0.05) is 45.4 Å². The summed E-state index contributed by atoms with van der Waals surface area (Å²) in [6.07, 6.45) is 2.38. The van der Waals surface area contributed by atoms with Gasteiger partial charge in [-0.05, 0) is 55.7 Å². The van der Waals surface area contributed by atoms with Crippen molar-refractivity contribution in [2.24, 2.45) is 5.41 Å². The van der Waals surface area contributed by atoms with E-state index in [9.17, 15) is 0 Å². The van der Waals surface area contributed by atoms with Crippen molar-refractivity contribution in [3.63, 3.8) is 0 Å². The lowest BCUT2D eigenvalue weighted by Gasteiger charge is -2.31. The van der Waals surface area contributed by atoms with Crippen LogP contribution in [0.1, 0.15) is 56.4 Å². The molecule has 1 unspecified atom stereocenters. The third kappa shape index (κ3) is 4.65. The van der Waals surface area contributed by atoms with Gasteiger partial charge in [0.2, 0.25) is 0 Å². The third-order valence-corrected chi connectivity index (χ3v) is 4.23. The molecule has 19 heavy (non-hydrogen) atoms. The minimum absolute atomic E-state index is 0.342. The smallest absolute Gasteiger partial charge is 0.00106 e. The van der Waals surface area contributed by atoms with Crippen LogP contribution in [-0.2, 0) is 6.42 Å². The second kappa shape index (κ2) is 6.56. The van der Waals surface area contributed by atoms with E-state index in [-0.39, 0.29) is 0 Å². The molecular formula is C18H31N. The van der Waals surface area contributed by atoms with Gasteiger partial charge in [0.25, 0.3) is 0 Å². The van der Waals surface area contributed by atoms with Crippen LogP contribution in [0.2, 0.25) is 0 Å². The highest BCUT2D eigenvalue weighted by Crippen LogP contribution is 2.29. The summed E-state index contributed by atoms with van der Waals surface area (Å²) in [5.41, 5.74) is 6.15. The Labute approximate surface area is 119 Å². The molecule has 1 nitrogen and oxygen atoms in total. The summed E-state index contributed by atoms with van der Waals surface area (Å²) in [6, 6.07) is 5.19. The van der Waals surface area contributed by atoms with Crippen LogP contribution in [-0.4, -0.2) is 12.6 Å². The highest BCUT2D eigenvalue weighted by molar-refractivity contribution is 5.38. The van der Waals surface area contributed by atoms with Gasteiger partial charge in [-0.25, -0.2) is 0 Å². The molecule has 0 fully saturated rings. The largest absolute Gasteiger partial charge is 0.314 e. The van der Waals surface area contributed by atoms with Crippen molar-refractivity contribution < 1.29 is 0 Å². The summed E-state index contributed by atoms with van der Waals surface area (Å²) < 4.78 is 0. The van der Waals surface area contributed by atoms with Crippen LogP contribution in [0.4, 0.5) is 0 Å². The second-order valence-corrected chi connectivity index (χ2v) is 6.75. The van der Waals surface area contributed by atoms with Crippen LogP contribution in [0.15, 0.2) is 12.1 Å². The van der Waals surface area contributed by atoms with Crippen LogP contribution < -0.4 is 5.32 Å². The number of hydrogen-bond acceptors (Lipinski definition) is 1. The van der Waals surface area contributed by atoms with Gasteiger partial charge in [0.1, 0.15) is 0 Å². The van der Waals surface area contributed by atoms with Crippen LogP contribution in [0.5, 0.6) is 0 Å². The molecule has 0 aromatic heterocycles. The maximum Gasteiger partial charge on any atom is 0.00106 e.